The highest BCUT2D eigenvalue weighted by Crippen LogP contribution is 2.38. The van der Waals surface area contributed by atoms with Crippen LogP contribution in [0.3, 0.4) is 0 Å². The van der Waals surface area contributed by atoms with E-state index in [1.54, 1.807) is 13.1 Å². The second-order valence-corrected chi connectivity index (χ2v) is 6.45. The van der Waals surface area contributed by atoms with Crippen molar-refractivity contribution in [2.24, 2.45) is 4.99 Å². The summed E-state index contributed by atoms with van der Waals surface area (Å²) in [6, 6.07) is 3.03. The van der Waals surface area contributed by atoms with Gasteiger partial charge in [-0.05, 0) is 32.8 Å². The summed E-state index contributed by atoms with van der Waals surface area (Å²) in [6.07, 6.45) is 1.69. The van der Waals surface area contributed by atoms with E-state index in [4.69, 9.17) is 14.0 Å². The topological polar surface area (TPSA) is 90.1 Å². The van der Waals surface area contributed by atoms with Crippen molar-refractivity contribution < 1.29 is 27.5 Å². The van der Waals surface area contributed by atoms with Crippen molar-refractivity contribution in [1.82, 2.24) is 15.8 Å². The van der Waals surface area contributed by atoms with Crippen LogP contribution in [0.2, 0.25) is 0 Å². The molecule has 1 aliphatic heterocycles. The standard InChI is InChI=1S/C19H24F2N4O4/c1-11-14(12(2)29-25-11)5-4-6-23-19(22-3)24-9-13-7-16-17(27-10-26-16)8-15(13)28-18(20)21/h7-8,18H,4-6,9-10H2,1-3H3,(H2,22,23,24). The summed E-state index contributed by atoms with van der Waals surface area (Å²) < 4.78 is 45.8. The molecule has 2 heterocycles. The molecule has 8 nitrogen and oxygen atoms in total. The van der Waals surface area contributed by atoms with Crippen molar-refractivity contribution in [3.8, 4) is 17.2 Å². The Balaban J connectivity index is 1.54. The third-order valence-corrected chi connectivity index (χ3v) is 4.52. The van der Waals surface area contributed by atoms with Gasteiger partial charge >= 0.3 is 6.61 Å². The summed E-state index contributed by atoms with van der Waals surface area (Å²) in [7, 11) is 1.64. The maximum atomic E-state index is 12.7. The van der Waals surface area contributed by atoms with Crippen LogP contribution in [-0.2, 0) is 13.0 Å². The highest BCUT2D eigenvalue weighted by atomic mass is 19.3. The Bertz CT molecular complexity index is 851. The first-order valence-electron chi connectivity index (χ1n) is 9.21. The van der Waals surface area contributed by atoms with Crippen LogP contribution in [0, 0.1) is 13.8 Å². The predicted molar refractivity (Wildman–Crippen MR) is 102 cm³/mol. The van der Waals surface area contributed by atoms with Gasteiger partial charge in [0.05, 0.1) is 5.69 Å². The van der Waals surface area contributed by atoms with Gasteiger partial charge in [0.2, 0.25) is 6.79 Å². The number of alkyl halides is 2. The van der Waals surface area contributed by atoms with E-state index >= 15 is 0 Å². The van der Waals surface area contributed by atoms with Crippen molar-refractivity contribution in [2.45, 2.75) is 39.8 Å². The number of hydrogen-bond acceptors (Lipinski definition) is 6. The molecule has 1 aromatic heterocycles. The number of aromatic nitrogens is 1. The Morgan fingerprint density at radius 3 is 2.66 bits per heavy atom. The minimum Gasteiger partial charge on any atom is -0.454 e. The molecule has 0 amide bonds. The highest BCUT2D eigenvalue weighted by Gasteiger charge is 2.20. The van der Waals surface area contributed by atoms with E-state index in [0.29, 0.717) is 29.6 Å². The lowest BCUT2D eigenvalue weighted by molar-refractivity contribution is -0.0505. The smallest absolute Gasteiger partial charge is 0.387 e. The number of guanidine groups is 1. The quantitative estimate of drug-likeness (QED) is 0.393. The van der Waals surface area contributed by atoms with Crippen LogP contribution in [0.15, 0.2) is 21.6 Å². The highest BCUT2D eigenvalue weighted by molar-refractivity contribution is 5.79. The molecule has 0 spiro atoms. The van der Waals surface area contributed by atoms with Crippen molar-refractivity contribution in [2.75, 3.05) is 20.4 Å². The van der Waals surface area contributed by atoms with Gasteiger partial charge < -0.3 is 29.4 Å². The van der Waals surface area contributed by atoms with Gasteiger partial charge in [-0.15, -0.1) is 0 Å². The maximum absolute atomic E-state index is 12.7. The molecular weight excluding hydrogens is 386 g/mol. The molecule has 0 aliphatic carbocycles. The first kappa shape index (κ1) is 20.7. The number of halogens is 2. The summed E-state index contributed by atoms with van der Waals surface area (Å²) in [5, 5.41) is 10.2. The Morgan fingerprint density at radius 1 is 1.24 bits per heavy atom. The summed E-state index contributed by atoms with van der Waals surface area (Å²) in [4.78, 5) is 4.15. The van der Waals surface area contributed by atoms with E-state index < -0.39 is 6.61 Å². The Labute approximate surface area is 167 Å². The maximum Gasteiger partial charge on any atom is 0.387 e. The molecule has 158 valence electrons. The van der Waals surface area contributed by atoms with E-state index in [1.165, 1.54) is 6.07 Å². The molecule has 29 heavy (non-hydrogen) atoms. The molecule has 1 aliphatic rings. The lowest BCUT2D eigenvalue weighted by Gasteiger charge is -2.15. The molecule has 0 radical (unpaired) electrons. The first-order chi connectivity index (χ1) is 14.0. The number of benzene rings is 1. The van der Waals surface area contributed by atoms with Crippen molar-refractivity contribution in [1.29, 1.82) is 0 Å². The number of hydrogen-bond donors (Lipinski definition) is 2. The van der Waals surface area contributed by atoms with Gasteiger partial charge in [-0.1, -0.05) is 5.16 Å². The van der Waals surface area contributed by atoms with Crippen LogP contribution in [0.4, 0.5) is 8.78 Å². The SMILES string of the molecule is CN=C(NCCCc1c(C)noc1C)NCc1cc2c(cc1OC(F)F)OCO2. The summed E-state index contributed by atoms with van der Waals surface area (Å²) in [6.45, 7) is 1.83. The van der Waals surface area contributed by atoms with E-state index in [0.717, 1.165) is 29.9 Å². The average Bonchev–Trinajstić information content (AvgIpc) is 3.27. The Kier molecular flexibility index (Phi) is 6.73. The van der Waals surface area contributed by atoms with Gasteiger partial charge in [-0.25, -0.2) is 0 Å². The molecule has 2 N–H and O–H groups in total. The van der Waals surface area contributed by atoms with Gasteiger partial charge in [-0.3, -0.25) is 4.99 Å². The molecule has 0 unspecified atom stereocenters. The van der Waals surface area contributed by atoms with Crippen LogP contribution in [0.1, 0.15) is 29.0 Å². The molecule has 0 saturated heterocycles. The number of nitrogens with zero attached hydrogens (tertiary/aromatic N) is 2. The van der Waals surface area contributed by atoms with Crippen LogP contribution >= 0.6 is 0 Å². The number of ether oxygens (including phenoxy) is 3. The van der Waals surface area contributed by atoms with Crippen molar-refractivity contribution in [3.63, 3.8) is 0 Å². The van der Waals surface area contributed by atoms with Crippen LogP contribution in [0.25, 0.3) is 0 Å². The first-order valence-corrected chi connectivity index (χ1v) is 9.21. The summed E-state index contributed by atoms with van der Waals surface area (Å²) >= 11 is 0. The van der Waals surface area contributed by atoms with E-state index in [2.05, 4.69) is 25.5 Å². The minimum atomic E-state index is -2.93. The van der Waals surface area contributed by atoms with Gasteiger partial charge in [0.15, 0.2) is 17.5 Å². The number of aryl methyl sites for hydroxylation is 2. The number of fused-ring (bicyclic) bond motifs is 1. The molecule has 0 fully saturated rings. The van der Waals surface area contributed by atoms with E-state index in [1.807, 2.05) is 13.8 Å². The molecule has 0 bridgehead atoms. The van der Waals surface area contributed by atoms with Crippen LogP contribution < -0.4 is 24.8 Å². The second kappa shape index (κ2) is 9.44. The van der Waals surface area contributed by atoms with Crippen molar-refractivity contribution in [3.05, 3.63) is 34.7 Å². The molecule has 1 aromatic carbocycles. The Hall–Kier alpha value is -3.04. The number of aliphatic imine (C=N–C) groups is 1. The summed E-state index contributed by atoms with van der Waals surface area (Å²) in [5.74, 6) is 2.28. The third-order valence-electron chi connectivity index (χ3n) is 4.52. The monoisotopic (exact) mass is 410 g/mol. The van der Waals surface area contributed by atoms with Crippen LogP contribution in [0.5, 0.6) is 17.2 Å². The fourth-order valence-corrected chi connectivity index (χ4v) is 3.04. The molecule has 0 saturated carbocycles. The minimum absolute atomic E-state index is 0.0330. The largest absolute Gasteiger partial charge is 0.454 e. The lowest BCUT2D eigenvalue weighted by Crippen LogP contribution is -2.37. The second-order valence-electron chi connectivity index (χ2n) is 6.45. The summed E-state index contributed by atoms with van der Waals surface area (Å²) in [5.41, 5.74) is 2.52. The van der Waals surface area contributed by atoms with Gasteiger partial charge in [0.1, 0.15) is 11.5 Å². The fourth-order valence-electron chi connectivity index (χ4n) is 3.04. The number of rotatable bonds is 8. The van der Waals surface area contributed by atoms with Gasteiger partial charge in [0.25, 0.3) is 0 Å². The van der Waals surface area contributed by atoms with Crippen LogP contribution in [-0.4, -0.2) is 38.1 Å². The zero-order chi connectivity index (χ0) is 20.8. The van der Waals surface area contributed by atoms with Crippen molar-refractivity contribution >= 4 is 5.96 Å². The van der Waals surface area contributed by atoms with E-state index in [-0.39, 0.29) is 19.1 Å². The molecule has 10 heteroatoms. The lowest BCUT2D eigenvalue weighted by atomic mass is 10.1. The molecular formula is C19H24F2N4O4. The van der Waals surface area contributed by atoms with E-state index in [9.17, 15) is 8.78 Å². The van der Waals surface area contributed by atoms with Gasteiger partial charge in [-0.2, -0.15) is 8.78 Å². The third kappa shape index (κ3) is 5.27. The molecule has 3 rings (SSSR count). The fraction of sp³-hybridized carbons (Fsp3) is 0.474. The zero-order valence-corrected chi connectivity index (χ0v) is 16.6. The molecule has 2 aromatic rings. The normalized spacial score (nSPS) is 13.1. The zero-order valence-electron chi connectivity index (χ0n) is 16.6. The van der Waals surface area contributed by atoms with Gasteiger partial charge in [0, 0.05) is 37.3 Å². The Morgan fingerprint density at radius 2 is 2.00 bits per heavy atom. The molecule has 0 atom stereocenters. The number of nitrogens with one attached hydrogen (secondary N) is 2. The average molecular weight is 410 g/mol. The predicted octanol–water partition coefficient (Wildman–Crippen LogP) is 2.92.